The Morgan fingerprint density at radius 2 is 2.29 bits per heavy atom. The molecule has 3 N–H and O–H groups in total. The standard InChI is InChI=1S/C9H13N3OS/c1-6(2)14-7-3-4-8(11-5-7)9(10)12-13/h3-6,13H,1-2H3,(H2,10,12). The summed E-state index contributed by atoms with van der Waals surface area (Å²) in [7, 11) is 0. The lowest BCUT2D eigenvalue weighted by molar-refractivity contribution is 0.318. The first-order valence-corrected chi connectivity index (χ1v) is 5.12. The van der Waals surface area contributed by atoms with E-state index in [1.165, 1.54) is 0 Å². The fraction of sp³-hybridized carbons (Fsp3) is 0.333. The molecule has 0 saturated carbocycles. The Morgan fingerprint density at radius 3 is 2.71 bits per heavy atom. The molecule has 5 heteroatoms. The molecule has 14 heavy (non-hydrogen) atoms. The summed E-state index contributed by atoms with van der Waals surface area (Å²) in [4.78, 5) is 5.14. The molecule has 0 unspecified atom stereocenters. The zero-order chi connectivity index (χ0) is 10.6. The molecule has 1 heterocycles. The molecule has 0 radical (unpaired) electrons. The highest BCUT2D eigenvalue weighted by Gasteiger charge is 2.02. The number of hydrogen-bond donors (Lipinski definition) is 2. The minimum Gasteiger partial charge on any atom is -0.409 e. The van der Waals surface area contributed by atoms with E-state index in [0.29, 0.717) is 10.9 Å². The van der Waals surface area contributed by atoms with Gasteiger partial charge in [0.2, 0.25) is 0 Å². The maximum absolute atomic E-state index is 8.42. The lowest BCUT2D eigenvalue weighted by Gasteiger charge is -2.04. The zero-order valence-corrected chi connectivity index (χ0v) is 8.95. The number of aromatic nitrogens is 1. The van der Waals surface area contributed by atoms with Crippen LogP contribution in [-0.2, 0) is 0 Å². The molecular formula is C9H13N3OS. The van der Waals surface area contributed by atoms with Crippen molar-refractivity contribution >= 4 is 17.6 Å². The summed E-state index contributed by atoms with van der Waals surface area (Å²) in [5, 5.41) is 11.8. The minimum absolute atomic E-state index is 0.0334. The van der Waals surface area contributed by atoms with E-state index in [1.54, 1.807) is 24.0 Å². The molecule has 0 saturated heterocycles. The fourth-order valence-corrected chi connectivity index (χ4v) is 1.73. The topological polar surface area (TPSA) is 71.5 Å². The van der Waals surface area contributed by atoms with Gasteiger partial charge in [-0.2, -0.15) is 0 Å². The molecule has 0 aromatic carbocycles. The maximum Gasteiger partial charge on any atom is 0.188 e. The van der Waals surface area contributed by atoms with Crippen LogP contribution < -0.4 is 5.73 Å². The van der Waals surface area contributed by atoms with Gasteiger partial charge in [0.25, 0.3) is 0 Å². The third kappa shape index (κ3) is 2.92. The number of oxime groups is 1. The molecule has 0 fully saturated rings. The Balaban J connectivity index is 2.78. The van der Waals surface area contributed by atoms with Crippen LogP contribution in [-0.4, -0.2) is 21.3 Å². The van der Waals surface area contributed by atoms with Gasteiger partial charge in [-0.3, -0.25) is 4.98 Å². The Morgan fingerprint density at radius 1 is 1.57 bits per heavy atom. The van der Waals surface area contributed by atoms with Crippen LogP contribution in [0.4, 0.5) is 0 Å². The third-order valence-corrected chi connectivity index (χ3v) is 2.46. The first-order chi connectivity index (χ1) is 6.63. The average Bonchev–Trinajstić information content (AvgIpc) is 2.17. The maximum atomic E-state index is 8.42. The predicted octanol–water partition coefficient (Wildman–Crippen LogP) is 1.68. The first kappa shape index (κ1) is 10.8. The molecule has 1 rings (SSSR count). The predicted molar refractivity (Wildman–Crippen MR) is 57.7 cm³/mol. The van der Waals surface area contributed by atoms with Crippen LogP contribution >= 0.6 is 11.8 Å². The fourth-order valence-electron chi connectivity index (χ4n) is 0.925. The summed E-state index contributed by atoms with van der Waals surface area (Å²) >= 11 is 1.72. The van der Waals surface area contributed by atoms with E-state index in [9.17, 15) is 0 Å². The highest BCUT2D eigenvalue weighted by atomic mass is 32.2. The van der Waals surface area contributed by atoms with Crippen LogP contribution in [0.15, 0.2) is 28.4 Å². The van der Waals surface area contributed by atoms with Crippen molar-refractivity contribution in [1.29, 1.82) is 0 Å². The highest BCUT2D eigenvalue weighted by molar-refractivity contribution is 7.99. The Hall–Kier alpha value is -1.23. The normalized spacial score (nSPS) is 12.1. The summed E-state index contributed by atoms with van der Waals surface area (Å²) < 4.78 is 0. The summed E-state index contributed by atoms with van der Waals surface area (Å²) in [5.74, 6) is 0.0334. The number of amidine groups is 1. The summed E-state index contributed by atoms with van der Waals surface area (Å²) in [5.41, 5.74) is 5.86. The average molecular weight is 211 g/mol. The zero-order valence-electron chi connectivity index (χ0n) is 8.14. The first-order valence-electron chi connectivity index (χ1n) is 4.24. The van der Waals surface area contributed by atoms with Crippen molar-refractivity contribution in [3.05, 3.63) is 24.0 Å². The number of nitrogens with two attached hydrogens (primary N) is 1. The van der Waals surface area contributed by atoms with E-state index in [0.717, 1.165) is 4.90 Å². The Bertz CT molecular complexity index is 321. The van der Waals surface area contributed by atoms with E-state index in [4.69, 9.17) is 10.9 Å². The van der Waals surface area contributed by atoms with Crippen LogP contribution in [0.1, 0.15) is 19.5 Å². The van der Waals surface area contributed by atoms with E-state index in [-0.39, 0.29) is 5.84 Å². The van der Waals surface area contributed by atoms with E-state index in [2.05, 4.69) is 24.0 Å². The van der Waals surface area contributed by atoms with Gasteiger partial charge < -0.3 is 10.9 Å². The molecule has 0 aliphatic carbocycles. The van der Waals surface area contributed by atoms with Gasteiger partial charge in [0, 0.05) is 16.3 Å². The molecule has 0 atom stereocenters. The van der Waals surface area contributed by atoms with Crippen LogP contribution in [0.5, 0.6) is 0 Å². The second-order valence-electron chi connectivity index (χ2n) is 3.03. The van der Waals surface area contributed by atoms with Crippen molar-refractivity contribution < 1.29 is 5.21 Å². The number of nitrogens with zero attached hydrogens (tertiary/aromatic N) is 2. The van der Waals surface area contributed by atoms with Crippen molar-refractivity contribution in [3.63, 3.8) is 0 Å². The van der Waals surface area contributed by atoms with Crippen LogP contribution in [0, 0.1) is 0 Å². The monoisotopic (exact) mass is 211 g/mol. The lowest BCUT2D eigenvalue weighted by atomic mass is 10.3. The smallest absolute Gasteiger partial charge is 0.188 e. The summed E-state index contributed by atoms with van der Waals surface area (Å²) in [6.45, 7) is 4.23. The third-order valence-electron chi connectivity index (χ3n) is 1.48. The van der Waals surface area contributed by atoms with Crippen molar-refractivity contribution in [3.8, 4) is 0 Å². The van der Waals surface area contributed by atoms with Gasteiger partial charge in [0.1, 0.15) is 5.69 Å². The molecule has 0 bridgehead atoms. The molecule has 0 aliphatic rings. The van der Waals surface area contributed by atoms with Gasteiger partial charge in [-0.15, -0.1) is 11.8 Å². The number of rotatable bonds is 3. The van der Waals surface area contributed by atoms with E-state index < -0.39 is 0 Å². The molecule has 4 nitrogen and oxygen atoms in total. The van der Waals surface area contributed by atoms with Gasteiger partial charge in [0.15, 0.2) is 5.84 Å². The van der Waals surface area contributed by atoms with E-state index >= 15 is 0 Å². The van der Waals surface area contributed by atoms with Crippen LogP contribution in [0.25, 0.3) is 0 Å². The van der Waals surface area contributed by atoms with Gasteiger partial charge >= 0.3 is 0 Å². The number of thioether (sulfide) groups is 1. The van der Waals surface area contributed by atoms with Gasteiger partial charge in [-0.25, -0.2) is 0 Å². The lowest BCUT2D eigenvalue weighted by Crippen LogP contribution is -2.14. The van der Waals surface area contributed by atoms with Gasteiger partial charge in [-0.1, -0.05) is 19.0 Å². The quantitative estimate of drug-likeness (QED) is 0.262. The Labute approximate surface area is 87.2 Å². The van der Waals surface area contributed by atoms with Crippen molar-refractivity contribution in [2.75, 3.05) is 0 Å². The highest BCUT2D eigenvalue weighted by Crippen LogP contribution is 2.21. The molecule has 0 aliphatic heterocycles. The number of hydrogen-bond acceptors (Lipinski definition) is 4. The van der Waals surface area contributed by atoms with Gasteiger partial charge in [0.05, 0.1) is 0 Å². The summed E-state index contributed by atoms with van der Waals surface area (Å²) in [6, 6.07) is 3.64. The largest absolute Gasteiger partial charge is 0.409 e. The van der Waals surface area contributed by atoms with Crippen molar-refractivity contribution in [2.24, 2.45) is 10.9 Å². The van der Waals surface area contributed by atoms with Crippen molar-refractivity contribution in [2.45, 2.75) is 24.0 Å². The molecular weight excluding hydrogens is 198 g/mol. The van der Waals surface area contributed by atoms with Crippen LogP contribution in [0.3, 0.4) is 0 Å². The minimum atomic E-state index is 0.0334. The van der Waals surface area contributed by atoms with Crippen molar-refractivity contribution in [1.82, 2.24) is 4.98 Å². The molecule has 1 aromatic heterocycles. The van der Waals surface area contributed by atoms with Crippen LogP contribution in [0.2, 0.25) is 0 Å². The van der Waals surface area contributed by atoms with E-state index in [1.807, 2.05) is 6.07 Å². The molecule has 0 amide bonds. The van der Waals surface area contributed by atoms with Gasteiger partial charge in [-0.05, 0) is 12.1 Å². The molecule has 76 valence electrons. The molecule has 1 aromatic rings. The number of pyridine rings is 1. The summed E-state index contributed by atoms with van der Waals surface area (Å²) in [6.07, 6.45) is 1.72. The molecule has 0 spiro atoms. The SMILES string of the molecule is CC(C)Sc1ccc(/C(N)=N/O)nc1. The second-order valence-corrected chi connectivity index (χ2v) is 4.68. The Kier molecular flexibility index (Phi) is 3.76. The second kappa shape index (κ2) is 4.85.